The predicted octanol–water partition coefficient (Wildman–Crippen LogP) is 4.83. The molecule has 3 atom stereocenters. The summed E-state index contributed by atoms with van der Waals surface area (Å²) in [4.78, 5) is 0. The van der Waals surface area contributed by atoms with Crippen LogP contribution in [-0.2, 0) is 0 Å². The van der Waals surface area contributed by atoms with E-state index in [0.29, 0.717) is 12.0 Å². The van der Waals surface area contributed by atoms with E-state index in [1.165, 1.54) is 24.8 Å². The minimum Gasteiger partial charge on any atom is -0.497 e. The molecule has 1 aliphatic rings. The van der Waals surface area contributed by atoms with Crippen molar-refractivity contribution in [3.8, 4) is 5.75 Å². The van der Waals surface area contributed by atoms with Crippen molar-refractivity contribution < 1.29 is 4.74 Å². The molecule has 0 bridgehead atoms. The molecule has 20 heavy (non-hydrogen) atoms. The Hall–Kier alpha value is -0.730. The van der Waals surface area contributed by atoms with Gasteiger partial charge in [0.1, 0.15) is 5.75 Å². The molecule has 0 aromatic heterocycles. The van der Waals surface area contributed by atoms with Crippen molar-refractivity contribution in [2.75, 3.05) is 13.7 Å². The number of benzene rings is 1. The maximum atomic E-state index is 6.49. The normalized spacial score (nSPS) is 23.8. The summed E-state index contributed by atoms with van der Waals surface area (Å²) in [5, 5.41) is 4.53. The van der Waals surface area contributed by atoms with E-state index in [-0.39, 0.29) is 0 Å². The molecule has 2 rings (SSSR count). The van der Waals surface area contributed by atoms with E-state index < -0.39 is 0 Å². The molecule has 2 nitrogen and oxygen atoms in total. The van der Waals surface area contributed by atoms with Crippen molar-refractivity contribution in [1.82, 2.24) is 5.32 Å². The molecule has 3 unspecified atom stereocenters. The van der Waals surface area contributed by atoms with Crippen LogP contribution in [0.25, 0.3) is 0 Å². The van der Waals surface area contributed by atoms with Crippen LogP contribution in [0, 0.1) is 11.8 Å². The third-order valence-electron chi connectivity index (χ3n) is 4.51. The average Bonchev–Trinajstić information content (AvgIpc) is 2.87. The van der Waals surface area contributed by atoms with Gasteiger partial charge >= 0.3 is 0 Å². The molecule has 0 aliphatic heterocycles. The molecule has 0 radical (unpaired) electrons. The van der Waals surface area contributed by atoms with Crippen LogP contribution >= 0.6 is 11.6 Å². The first-order valence-electron chi connectivity index (χ1n) is 7.74. The molecule has 1 aromatic carbocycles. The Morgan fingerprint density at radius 1 is 1.40 bits per heavy atom. The highest BCUT2D eigenvalue weighted by Crippen LogP contribution is 2.42. The SMILES string of the molecule is CCCNC(c1ccc(OC)cc1Cl)C1CCCC1C. The van der Waals surface area contributed by atoms with Crippen molar-refractivity contribution >= 4 is 11.6 Å². The second-order valence-corrected chi connectivity index (χ2v) is 6.30. The van der Waals surface area contributed by atoms with Gasteiger partial charge in [0, 0.05) is 11.1 Å². The van der Waals surface area contributed by atoms with E-state index in [2.05, 4.69) is 25.2 Å². The first kappa shape index (κ1) is 15.7. The molecule has 0 heterocycles. The van der Waals surface area contributed by atoms with Crippen LogP contribution in [0.15, 0.2) is 18.2 Å². The lowest BCUT2D eigenvalue weighted by molar-refractivity contribution is 0.302. The summed E-state index contributed by atoms with van der Waals surface area (Å²) in [5.74, 6) is 2.28. The summed E-state index contributed by atoms with van der Waals surface area (Å²) < 4.78 is 5.25. The van der Waals surface area contributed by atoms with E-state index in [4.69, 9.17) is 16.3 Å². The topological polar surface area (TPSA) is 21.3 Å². The summed E-state index contributed by atoms with van der Waals surface area (Å²) >= 11 is 6.49. The monoisotopic (exact) mass is 295 g/mol. The van der Waals surface area contributed by atoms with Crippen LogP contribution in [0.4, 0.5) is 0 Å². The van der Waals surface area contributed by atoms with E-state index in [0.717, 1.165) is 29.7 Å². The average molecular weight is 296 g/mol. The predicted molar refractivity (Wildman–Crippen MR) is 85.5 cm³/mol. The molecule has 1 saturated carbocycles. The zero-order valence-electron chi connectivity index (χ0n) is 12.8. The summed E-state index contributed by atoms with van der Waals surface area (Å²) in [7, 11) is 1.68. The Kier molecular flexibility index (Phi) is 5.74. The number of nitrogens with one attached hydrogen (secondary N) is 1. The fraction of sp³-hybridized carbons (Fsp3) is 0.647. The van der Waals surface area contributed by atoms with Gasteiger partial charge < -0.3 is 10.1 Å². The summed E-state index contributed by atoms with van der Waals surface area (Å²) in [6.45, 7) is 5.61. The van der Waals surface area contributed by atoms with Gasteiger partial charge in [0.15, 0.2) is 0 Å². The molecule has 3 heteroatoms. The number of rotatable bonds is 6. The van der Waals surface area contributed by atoms with Gasteiger partial charge in [-0.25, -0.2) is 0 Å². The lowest BCUT2D eigenvalue weighted by atomic mass is 9.85. The third-order valence-corrected chi connectivity index (χ3v) is 4.84. The van der Waals surface area contributed by atoms with Crippen LogP contribution < -0.4 is 10.1 Å². The standard InChI is InChI=1S/C17H26ClNO/c1-4-10-19-17(14-7-5-6-12(14)2)15-9-8-13(20-3)11-16(15)18/h8-9,11-12,14,17,19H,4-7,10H2,1-3H3. The van der Waals surface area contributed by atoms with Crippen LogP contribution in [0.5, 0.6) is 5.75 Å². The van der Waals surface area contributed by atoms with Crippen molar-refractivity contribution in [1.29, 1.82) is 0 Å². The quantitative estimate of drug-likeness (QED) is 0.812. The van der Waals surface area contributed by atoms with Crippen LogP contribution in [0.1, 0.15) is 51.1 Å². The van der Waals surface area contributed by atoms with Crippen LogP contribution in [0.3, 0.4) is 0 Å². The van der Waals surface area contributed by atoms with Gasteiger partial charge in [-0.15, -0.1) is 0 Å². The Balaban J connectivity index is 2.25. The van der Waals surface area contributed by atoms with Crippen LogP contribution in [-0.4, -0.2) is 13.7 Å². The molecular formula is C17H26ClNO. The zero-order valence-corrected chi connectivity index (χ0v) is 13.5. The number of hydrogen-bond acceptors (Lipinski definition) is 2. The van der Waals surface area contributed by atoms with E-state index in [9.17, 15) is 0 Å². The van der Waals surface area contributed by atoms with Gasteiger partial charge in [-0.3, -0.25) is 0 Å². The smallest absolute Gasteiger partial charge is 0.120 e. The van der Waals surface area contributed by atoms with Crippen molar-refractivity contribution in [2.45, 2.75) is 45.6 Å². The fourth-order valence-corrected chi connectivity index (χ4v) is 3.64. The Morgan fingerprint density at radius 3 is 2.75 bits per heavy atom. The molecule has 0 spiro atoms. The Bertz CT molecular complexity index is 435. The highest BCUT2D eigenvalue weighted by Gasteiger charge is 2.32. The second-order valence-electron chi connectivity index (χ2n) is 5.89. The highest BCUT2D eigenvalue weighted by molar-refractivity contribution is 6.31. The summed E-state index contributed by atoms with van der Waals surface area (Å²) in [6, 6.07) is 6.43. The van der Waals surface area contributed by atoms with Gasteiger partial charge in [-0.2, -0.15) is 0 Å². The molecule has 1 N–H and O–H groups in total. The van der Waals surface area contributed by atoms with Gasteiger partial charge in [-0.1, -0.05) is 44.4 Å². The number of methoxy groups -OCH3 is 1. The van der Waals surface area contributed by atoms with Gasteiger partial charge in [0.25, 0.3) is 0 Å². The Morgan fingerprint density at radius 2 is 2.20 bits per heavy atom. The minimum absolute atomic E-state index is 0.367. The zero-order chi connectivity index (χ0) is 14.5. The number of ether oxygens (including phenoxy) is 1. The lowest BCUT2D eigenvalue weighted by Crippen LogP contribution is -2.30. The molecule has 1 fully saturated rings. The van der Waals surface area contributed by atoms with Gasteiger partial charge in [0.05, 0.1) is 7.11 Å². The minimum atomic E-state index is 0.367. The molecule has 112 valence electrons. The van der Waals surface area contributed by atoms with E-state index >= 15 is 0 Å². The maximum Gasteiger partial charge on any atom is 0.120 e. The Labute approximate surface area is 127 Å². The molecule has 1 aliphatic carbocycles. The van der Waals surface area contributed by atoms with Crippen molar-refractivity contribution in [2.24, 2.45) is 11.8 Å². The second kappa shape index (κ2) is 7.33. The largest absolute Gasteiger partial charge is 0.497 e. The lowest BCUT2D eigenvalue weighted by Gasteiger charge is -2.29. The maximum absolute atomic E-state index is 6.49. The van der Waals surface area contributed by atoms with Gasteiger partial charge in [0.2, 0.25) is 0 Å². The first-order chi connectivity index (χ1) is 9.67. The van der Waals surface area contributed by atoms with Crippen molar-refractivity contribution in [3.05, 3.63) is 28.8 Å². The van der Waals surface area contributed by atoms with E-state index in [1.807, 2.05) is 12.1 Å². The van der Waals surface area contributed by atoms with Crippen molar-refractivity contribution in [3.63, 3.8) is 0 Å². The molecule has 0 amide bonds. The van der Waals surface area contributed by atoms with E-state index in [1.54, 1.807) is 7.11 Å². The first-order valence-corrected chi connectivity index (χ1v) is 8.12. The molecule has 1 aromatic rings. The summed E-state index contributed by atoms with van der Waals surface area (Å²) in [6.07, 6.45) is 5.11. The number of halogens is 1. The number of hydrogen-bond donors (Lipinski definition) is 1. The molecule has 0 saturated heterocycles. The highest BCUT2D eigenvalue weighted by atomic mass is 35.5. The van der Waals surface area contributed by atoms with Gasteiger partial charge in [-0.05, 0) is 48.9 Å². The summed E-state index contributed by atoms with van der Waals surface area (Å²) in [5.41, 5.74) is 1.22. The fourth-order valence-electron chi connectivity index (χ4n) is 3.35. The third kappa shape index (κ3) is 3.48. The molecular weight excluding hydrogens is 270 g/mol. The van der Waals surface area contributed by atoms with Crippen LogP contribution in [0.2, 0.25) is 5.02 Å².